The normalized spacial score (nSPS) is 11.0. The highest BCUT2D eigenvalue weighted by Crippen LogP contribution is 2.29. The van der Waals surface area contributed by atoms with Crippen molar-refractivity contribution in [2.45, 2.75) is 11.8 Å². The second kappa shape index (κ2) is 5.98. The van der Waals surface area contributed by atoms with Crippen LogP contribution in [0.15, 0.2) is 47.4 Å². The number of anilines is 1. The Balaban J connectivity index is 2.55. The number of benzene rings is 2. The van der Waals surface area contributed by atoms with Gasteiger partial charge in [-0.25, -0.2) is 8.42 Å². The molecule has 0 spiro atoms. The first-order valence-electron chi connectivity index (χ1n) is 5.89. The molecule has 2 aromatic carbocycles. The number of terminal acetylenes is 1. The highest BCUT2D eigenvalue weighted by Gasteiger charge is 2.24. The van der Waals surface area contributed by atoms with Crippen LogP contribution in [0, 0.1) is 19.4 Å². The van der Waals surface area contributed by atoms with Crippen molar-refractivity contribution >= 4 is 38.9 Å². The molecule has 0 aromatic heterocycles. The third-order valence-electron chi connectivity index (χ3n) is 2.76. The number of hydrogen-bond acceptors (Lipinski definition) is 2. The summed E-state index contributed by atoms with van der Waals surface area (Å²) in [4.78, 5) is 0.0992. The first kappa shape index (κ1) is 15.7. The number of aryl methyl sites for hydroxylation is 1. The third kappa shape index (κ3) is 3.33. The minimum absolute atomic E-state index is 0.0992. The van der Waals surface area contributed by atoms with Crippen molar-refractivity contribution in [3.63, 3.8) is 0 Å². The second-order valence-electron chi connectivity index (χ2n) is 4.34. The molecule has 0 fully saturated rings. The summed E-state index contributed by atoms with van der Waals surface area (Å²) in [7, 11) is -3.87. The lowest BCUT2D eigenvalue weighted by Gasteiger charge is -2.18. The molecule has 0 aliphatic rings. The summed E-state index contributed by atoms with van der Waals surface area (Å²) < 4.78 is 26.0. The zero-order valence-electron chi connectivity index (χ0n) is 11.0. The fourth-order valence-electron chi connectivity index (χ4n) is 1.75. The van der Waals surface area contributed by atoms with Crippen LogP contribution in [0.25, 0.3) is 0 Å². The summed E-state index contributed by atoms with van der Waals surface area (Å²) >= 11 is 11.8. The Morgan fingerprint density at radius 1 is 1.05 bits per heavy atom. The van der Waals surface area contributed by atoms with Gasteiger partial charge in [0.15, 0.2) is 0 Å². The lowest BCUT2D eigenvalue weighted by atomic mass is 10.2. The van der Waals surface area contributed by atoms with Gasteiger partial charge < -0.3 is 0 Å². The Morgan fingerprint density at radius 3 is 2.05 bits per heavy atom. The van der Waals surface area contributed by atoms with Crippen LogP contribution in [-0.2, 0) is 10.0 Å². The van der Waals surface area contributed by atoms with Gasteiger partial charge in [-0.1, -0.05) is 47.3 Å². The molecule has 2 aromatic rings. The van der Waals surface area contributed by atoms with Gasteiger partial charge in [-0.15, -0.1) is 0 Å². The molecule has 0 aliphatic heterocycles. The van der Waals surface area contributed by atoms with Gasteiger partial charge in [0, 0.05) is 16.1 Å². The SMILES string of the molecule is C#CN(c1cc(Cl)cc(Cl)c1)S(=O)(=O)c1ccc(C)cc1. The molecule has 108 valence electrons. The molecule has 0 radical (unpaired) electrons. The summed E-state index contributed by atoms with van der Waals surface area (Å²) in [6.07, 6.45) is 5.37. The number of hydrogen-bond donors (Lipinski definition) is 0. The van der Waals surface area contributed by atoms with E-state index in [4.69, 9.17) is 29.6 Å². The third-order valence-corrected chi connectivity index (χ3v) is 4.86. The molecule has 21 heavy (non-hydrogen) atoms. The maximum Gasteiger partial charge on any atom is 0.275 e. The summed E-state index contributed by atoms with van der Waals surface area (Å²) in [5.41, 5.74) is 1.17. The van der Waals surface area contributed by atoms with Crippen LogP contribution >= 0.6 is 23.2 Å². The average Bonchev–Trinajstić information content (AvgIpc) is 2.38. The molecule has 2 rings (SSSR count). The Hall–Kier alpha value is -1.67. The fraction of sp³-hybridized carbons (Fsp3) is 0.0667. The Morgan fingerprint density at radius 2 is 1.57 bits per heavy atom. The predicted octanol–water partition coefficient (Wildman–Crippen LogP) is 4.09. The Bertz CT molecular complexity index is 788. The number of nitrogens with zero attached hydrogens (tertiary/aromatic N) is 1. The van der Waals surface area contributed by atoms with Gasteiger partial charge in [-0.2, -0.15) is 4.31 Å². The van der Waals surface area contributed by atoms with Gasteiger partial charge in [0.1, 0.15) is 0 Å². The Labute approximate surface area is 134 Å². The van der Waals surface area contributed by atoms with Crippen LogP contribution in [0.5, 0.6) is 0 Å². The molecule has 0 amide bonds. The highest BCUT2D eigenvalue weighted by atomic mass is 35.5. The zero-order valence-corrected chi connectivity index (χ0v) is 13.4. The van der Waals surface area contributed by atoms with Gasteiger partial charge in [0.2, 0.25) is 0 Å². The lowest BCUT2D eigenvalue weighted by molar-refractivity contribution is 0.596. The summed E-state index contributed by atoms with van der Waals surface area (Å²) in [6, 6.07) is 12.9. The van der Waals surface area contributed by atoms with Crippen LogP contribution < -0.4 is 4.31 Å². The maximum absolute atomic E-state index is 12.6. The first-order chi connectivity index (χ1) is 9.84. The van der Waals surface area contributed by atoms with E-state index in [-0.39, 0.29) is 10.6 Å². The predicted molar refractivity (Wildman–Crippen MR) is 86.1 cm³/mol. The first-order valence-corrected chi connectivity index (χ1v) is 8.08. The molecule has 0 saturated carbocycles. The van der Waals surface area contributed by atoms with Crippen molar-refractivity contribution in [3.05, 3.63) is 58.1 Å². The molecular formula is C15H11Cl2NO2S. The van der Waals surface area contributed by atoms with E-state index in [9.17, 15) is 8.42 Å². The molecule has 0 aliphatic carbocycles. The summed E-state index contributed by atoms with van der Waals surface area (Å²) in [6.45, 7) is 1.87. The molecule has 6 heteroatoms. The van der Waals surface area contributed by atoms with Crippen LogP contribution in [0.1, 0.15) is 5.56 Å². The molecule has 0 atom stereocenters. The van der Waals surface area contributed by atoms with Crippen LogP contribution in [0.2, 0.25) is 10.0 Å². The van der Waals surface area contributed by atoms with Crippen LogP contribution in [-0.4, -0.2) is 8.42 Å². The van der Waals surface area contributed by atoms with E-state index in [1.807, 2.05) is 6.92 Å². The maximum atomic E-state index is 12.6. The second-order valence-corrected chi connectivity index (χ2v) is 7.00. The lowest BCUT2D eigenvalue weighted by Crippen LogP contribution is -2.26. The van der Waals surface area contributed by atoms with Crippen molar-refractivity contribution in [2.75, 3.05) is 4.31 Å². The van der Waals surface area contributed by atoms with Crippen molar-refractivity contribution in [2.24, 2.45) is 0 Å². The molecule has 0 unspecified atom stereocenters. The van der Waals surface area contributed by atoms with E-state index >= 15 is 0 Å². The number of rotatable bonds is 3. The Kier molecular flexibility index (Phi) is 4.48. The van der Waals surface area contributed by atoms with E-state index in [1.165, 1.54) is 30.3 Å². The van der Waals surface area contributed by atoms with E-state index in [2.05, 4.69) is 6.04 Å². The van der Waals surface area contributed by atoms with E-state index in [0.29, 0.717) is 10.0 Å². The topological polar surface area (TPSA) is 37.4 Å². The minimum atomic E-state index is -3.87. The van der Waals surface area contributed by atoms with E-state index in [0.717, 1.165) is 9.87 Å². The van der Waals surface area contributed by atoms with Gasteiger partial charge in [-0.05, 0) is 37.3 Å². The average molecular weight is 340 g/mol. The highest BCUT2D eigenvalue weighted by molar-refractivity contribution is 7.93. The van der Waals surface area contributed by atoms with E-state index < -0.39 is 10.0 Å². The van der Waals surface area contributed by atoms with Crippen molar-refractivity contribution < 1.29 is 8.42 Å². The molecule has 0 saturated heterocycles. The van der Waals surface area contributed by atoms with Crippen molar-refractivity contribution in [3.8, 4) is 12.5 Å². The molecule has 3 nitrogen and oxygen atoms in total. The van der Waals surface area contributed by atoms with Gasteiger partial charge in [-0.3, -0.25) is 0 Å². The standard InChI is InChI=1S/C15H11Cl2NO2S/c1-3-18(14-9-12(16)8-13(17)10-14)21(19,20)15-6-4-11(2)5-7-15/h1,4-10H,2H3. The monoisotopic (exact) mass is 339 g/mol. The molecule has 0 N–H and O–H groups in total. The number of halogens is 2. The summed E-state index contributed by atoms with van der Waals surface area (Å²) in [5.74, 6) is 0. The van der Waals surface area contributed by atoms with Crippen LogP contribution in [0.4, 0.5) is 5.69 Å². The smallest absolute Gasteiger partial charge is 0.200 e. The van der Waals surface area contributed by atoms with Crippen molar-refractivity contribution in [1.29, 1.82) is 0 Å². The van der Waals surface area contributed by atoms with Crippen molar-refractivity contribution in [1.82, 2.24) is 0 Å². The molecular weight excluding hydrogens is 329 g/mol. The molecule has 0 heterocycles. The largest absolute Gasteiger partial charge is 0.275 e. The minimum Gasteiger partial charge on any atom is -0.200 e. The van der Waals surface area contributed by atoms with Crippen LogP contribution in [0.3, 0.4) is 0 Å². The van der Waals surface area contributed by atoms with Gasteiger partial charge >= 0.3 is 0 Å². The molecule has 0 bridgehead atoms. The van der Waals surface area contributed by atoms with Gasteiger partial charge in [0.05, 0.1) is 10.6 Å². The zero-order chi connectivity index (χ0) is 15.6. The van der Waals surface area contributed by atoms with E-state index in [1.54, 1.807) is 12.1 Å². The van der Waals surface area contributed by atoms with Gasteiger partial charge in [0.25, 0.3) is 10.0 Å². The quantitative estimate of drug-likeness (QED) is 0.623. The summed E-state index contributed by atoms with van der Waals surface area (Å²) in [5, 5.41) is 0.605. The number of sulfonamides is 1. The fourth-order valence-corrected chi connectivity index (χ4v) is 3.48.